The Labute approximate surface area is 182 Å². The van der Waals surface area contributed by atoms with Crippen molar-refractivity contribution in [2.75, 3.05) is 0 Å². The first-order valence-corrected chi connectivity index (χ1v) is 11.2. The highest BCUT2D eigenvalue weighted by atomic mass is 19.2. The highest BCUT2D eigenvalue weighted by Gasteiger charge is 2.32. The van der Waals surface area contributed by atoms with Gasteiger partial charge in [0.05, 0.1) is 6.10 Å². The number of carbonyl (C=O) groups excluding carboxylic acids is 1. The molecule has 1 aliphatic carbocycles. The standard InChI is InChI=1S/C26H29F2NO2/c1-3-18-12-13-29-16(2)21-9-5-17(14-22(18)21)4-7-20-8-11-25(31-20)26(30)19-6-10-23(27)24(28)15-19/h5-6,9-10,12-13,15,17-18,20,25H,3-4,7-8,11,14H2,1-2H3/t17?,18?,20-,25-/m0/s1. The molecule has 0 amide bonds. The molecule has 164 valence electrons. The predicted molar refractivity (Wildman–Crippen MR) is 118 cm³/mol. The fraction of sp³-hybridized carbons (Fsp3) is 0.462. The second kappa shape index (κ2) is 9.39. The minimum absolute atomic E-state index is 0.0299. The normalized spacial score (nSPS) is 27.8. The molecule has 0 saturated carbocycles. The first kappa shape index (κ1) is 21.8. The van der Waals surface area contributed by atoms with Crippen LogP contribution < -0.4 is 0 Å². The Kier molecular flexibility index (Phi) is 6.61. The molecule has 1 aromatic carbocycles. The molecule has 2 heterocycles. The summed E-state index contributed by atoms with van der Waals surface area (Å²) in [7, 11) is 0. The lowest BCUT2D eigenvalue weighted by Gasteiger charge is -2.26. The lowest BCUT2D eigenvalue weighted by Crippen LogP contribution is -2.22. The minimum atomic E-state index is -1.00. The van der Waals surface area contributed by atoms with E-state index in [-0.39, 0.29) is 17.5 Å². The molecule has 2 aliphatic heterocycles. The van der Waals surface area contributed by atoms with Crippen LogP contribution in [0.15, 0.2) is 58.8 Å². The van der Waals surface area contributed by atoms with Gasteiger partial charge in [-0.05, 0) is 75.1 Å². The van der Waals surface area contributed by atoms with Gasteiger partial charge >= 0.3 is 0 Å². The van der Waals surface area contributed by atoms with Gasteiger partial charge in [-0.2, -0.15) is 0 Å². The van der Waals surface area contributed by atoms with Gasteiger partial charge < -0.3 is 4.74 Å². The number of nitrogens with zero attached hydrogens (tertiary/aromatic N) is 1. The van der Waals surface area contributed by atoms with E-state index in [4.69, 9.17) is 4.74 Å². The number of carbonyl (C=O) groups is 1. The van der Waals surface area contributed by atoms with Crippen LogP contribution in [0.4, 0.5) is 8.78 Å². The molecule has 2 unspecified atom stereocenters. The van der Waals surface area contributed by atoms with Crippen LogP contribution in [-0.2, 0) is 4.74 Å². The molecule has 4 atom stereocenters. The van der Waals surface area contributed by atoms with Crippen molar-refractivity contribution in [2.45, 2.75) is 64.6 Å². The summed E-state index contributed by atoms with van der Waals surface area (Å²) in [5.41, 5.74) is 4.00. The van der Waals surface area contributed by atoms with Gasteiger partial charge in [0.2, 0.25) is 0 Å². The molecule has 1 fully saturated rings. The number of hydrogen-bond acceptors (Lipinski definition) is 3. The molecule has 3 aliphatic rings. The van der Waals surface area contributed by atoms with Crippen molar-refractivity contribution in [1.82, 2.24) is 0 Å². The lowest BCUT2D eigenvalue weighted by atomic mass is 9.79. The molecule has 0 aromatic heterocycles. The second-order valence-corrected chi connectivity index (χ2v) is 8.73. The van der Waals surface area contributed by atoms with E-state index >= 15 is 0 Å². The van der Waals surface area contributed by atoms with Gasteiger partial charge in [0.15, 0.2) is 17.4 Å². The van der Waals surface area contributed by atoms with Crippen molar-refractivity contribution in [3.8, 4) is 0 Å². The summed E-state index contributed by atoms with van der Waals surface area (Å²) in [4.78, 5) is 17.1. The SMILES string of the molecule is CCC1C=CN=C(C)C2=C1CC(CC[C@H]1CC[C@@H](C(=O)c3ccc(F)c(F)c3)O1)C=C2. The Balaban J connectivity index is 1.32. The number of rotatable bonds is 6. The fourth-order valence-electron chi connectivity index (χ4n) is 4.88. The van der Waals surface area contributed by atoms with Crippen molar-refractivity contribution >= 4 is 11.5 Å². The number of benzene rings is 1. The Morgan fingerprint density at radius 3 is 2.77 bits per heavy atom. The van der Waals surface area contributed by atoms with E-state index in [1.54, 1.807) is 0 Å². The van der Waals surface area contributed by atoms with E-state index in [1.807, 2.05) is 6.20 Å². The summed E-state index contributed by atoms with van der Waals surface area (Å²) in [5.74, 6) is -1.32. The lowest BCUT2D eigenvalue weighted by molar-refractivity contribution is 0.0331. The summed E-state index contributed by atoms with van der Waals surface area (Å²) in [6.45, 7) is 4.28. The average molecular weight is 426 g/mol. The Hall–Kier alpha value is -2.40. The second-order valence-electron chi connectivity index (χ2n) is 8.73. The smallest absolute Gasteiger partial charge is 0.191 e. The van der Waals surface area contributed by atoms with E-state index in [0.29, 0.717) is 18.3 Å². The van der Waals surface area contributed by atoms with Crippen molar-refractivity contribution in [3.63, 3.8) is 0 Å². The maximum atomic E-state index is 13.5. The first-order chi connectivity index (χ1) is 15.0. The van der Waals surface area contributed by atoms with Crippen LogP contribution in [0.1, 0.15) is 62.7 Å². The van der Waals surface area contributed by atoms with Crippen LogP contribution in [-0.4, -0.2) is 23.7 Å². The van der Waals surface area contributed by atoms with Gasteiger partial charge in [-0.3, -0.25) is 9.79 Å². The van der Waals surface area contributed by atoms with Gasteiger partial charge in [0, 0.05) is 23.4 Å². The molecular formula is C26H29F2NO2. The Bertz CT molecular complexity index is 976. The molecule has 1 saturated heterocycles. The number of hydrogen-bond donors (Lipinski definition) is 0. The highest BCUT2D eigenvalue weighted by molar-refractivity contribution is 6.02. The summed E-state index contributed by atoms with van der Waals surface area (Å²) in [6, 6.07) is 3.28. The molecule has 0 spiro atoms. The Morgan fingerprint density at radius 2 is 2.00 bits per heavy atom. The van der Waals surface area contributed by atoms with Crippen LogP contribution in [0.3, 0.4) is 0 Å². The third-order valence-electron chi connectivity index (χ3n) is 6.69. The number of aliphatic imine (C=N–C) groups is 1. The van der Waals surface area contributed by atoms with Crippen LogP contribution >= 0.6 is 0 Å². The number of allylic oxidation sites excluding steroid dienone is 5. The third kappa shape index (κ3) is 4.77. The van der Waals surface area contributed by atoms with Gasteiger partial charge in [-0.15, -0.1) is 0 Å². The number of halogens is 2. The van der Waals surface area contributed by atoms with Crippen molar-refractivity contribution < 1.29 is 18.3 Å². The van der Waals surface area contributed by atoms with Crippen LogP contribution in [0.25, 0.3) is 0 Å². The van der Waals surface area contributed by atoms with Crippen molar-refractivity contribution in [1.29, 1.82) is 0 Å². The van der Waals surface area contributed by atoms with E-state index in [1.165, 1.54) is 17.2 Å². The number of Topliss-reactive ketones (excluding diaryl/α,β-unsaturated/α-hetero) is 1. The number of ether oxygens (including phenoxy) is 1. The monoisotopic (exact) mass is 425 g/mol. The zero-order valence-corrected chi connectivity index (χ0v) is 18.1. The highest BCUT2D eigenvalue weighted by Crippen LogP contribution is 2.37. The maximum absolute atomic E-state index is 13.5. The quantitative estimate of drug-likeness (QED) is 0.497. The van der Waals surface area contributed by atoms with E-state index in [0.717, 1.165) is 49.9 Å². The average Bonchev–Trinajstić information content (AvgIpc) is 3.19. The predicted octanol–water partition coefficient (Wildman–Crippen LogP) is 6.36. The van der Waals surface area contributed by atoms with Gasteiger partial charge in [0.1, 0.15) is 6.10 Å². The van der Waals surface area contributed by atoms with Crippen LogP contribution in [0.5, 0.6) is 0 Å². The minimum Gasteiger partial charge on any atom is -0.367 e. The van der Waals surface area contributed by atoms with E-state index in [2.05, 4.69) is 37.1 Å². The topological polar surface area (TPSA) is 38.7 Å². The largest absolute Gasteiger partial charge is 0.367 e. The van der Waals surface area contributed by atoms with Crippen molar-refractivity contribution in [2.24, 2.45) is 16.8 Å². The van der Waals surface area contributed by atoms with Crippen LogP contribution in [0, 0.1) is 23.5 Å². The molecular weight excluding hydrogens is 396 g/mol. The van der Waals surface area contributed by atoms with Crippen molar-refractivity contribution in [3.05, 3.63) is 71.0 Å². The molecule has 31 heavy (non-hydrogen) atoms. The molecule has 0 N–H and O–H groups in total. The molecule has 1 aromatic rings. The summed E-state index contributed by atoms with van der Waals surface area (Å²) in [6.07, 6.45) is 13.5. The Morgan fingerprint density at radius 1 is 1.16 bits per heavy atom. The summed E-state index contributed by atoms with van der Waals surface area (Å²) in [5, 5.41) is 0. The number of ketones is 1. The van der Waals surface area contributed by atoms with Crippen LogP contribution in [0.2, 0.25) is 0 Å². The van der Waals surface area contributed by atoms with E-state index < -0.39 is 17.7 Å². The molecule has 5 heteroatoms. The zero-order valence-electron chi connectivity index (χ0n) is 18.1. The fourth-order valence-corrected chi connectivity index (χ4v) is 4.88. The molecule has 3 nitrogen and oxygen atoms in total. The van der Waals surface area contributed by atoms with Gasteiger partial charge in [0.25, 0.3) is 0 Å². The van der Waals surface area contributed by atoms with Gasteiger partial charge in [-0.25, -0.2) is 8.78 Å². The first-order valence-electron chi connectivity index (χ1n) is 11.2. The van der Waals surface area contributed by atoms with Gasteiger partial charge in [-0.1, -0.05) is 30.7 Å². The summed E-state index contributed by atoms with van der Waals surface area (Å²) >= 11 is 0. The third-order valence-corrected chi connectivity index (χ3v) is 6.69. The molecule has 0 radical (unpaired) electrons. The zero-order chi connectivity index (χ0) is 22.0. The van der Waals surface area contributed by atoms with E-state index in [9.17, 15) is 13.6 Å². The summed E-state index contributed by atoms with van der Waals surface area (Å²) < 4.78 is 32.6. The molecule has 0 bridgehead atoms. The maximum Gasteiger partial charge on any atom is 0.191 e. The molecule has 4 rings (SSSR count).